The number of primary amides is 1. The van der Waals surface area contributed by atoms with Crippen molar-refractivity contribution in [1.29, 1.82) is 0 Å². The molecule has 1 heterocycles. The van der Waals surface area contributed by atoms with E-state index in [2.05, 4.69) is 28.2 Å². The lowest BCUT2D eigenvalue weighted by atomic mass is 9.66. The fraction of sp³-hybridized carbons (Fsp3) is 0.500. The maximum atomic E-state index is 11.7. The van der Waals surface area contributed by atoms with Gasteiger partial charge >= 0.3 is 5.97 Å². The summed E-state index contributed by atoms with van der Waals surface area (Å²) in [5.74, 6) is -0.711. The third-order valence-corrected chi connectivity index (χ3v) is 7.13. The van der Waals surface area contributed by atoms with Crippen LogP contribution in [-0.4, -0.2) is 27.0 Å². The number of rotatable bonds is 5. The molecule has 1 aromatic carbocycles. The summed E-state index contributed by atoms with van der Waals surface area (Å²) in [7, 11) is 0. The van der Waals surface area contributed by atoms with Crippen molar-refractivity contribution in [3.63, 3.8) is 0 Å². The van der Waals surface area contributed by atoms with Crippen LogP contribution in [0.4, 0.5) is 0 Å². The molecule has 30 heavy (non-hydrogen) atoms. The number of aliphatic carboxylic acids is 1. The zero-order valence-corrected chi connectivity index (χ0v) is 17.7. The Labute approximate surface area is 176 Å². The first kappa shape index (κ1) is 20.5. The highest BCUT2D eigenvalue weighted by Crippen LogP contribution is 2.51. The highest BCUT2D eigenvalue weighted by atomic mass is 16.4. The number of fused-ring (bicyclic) bond motifs is 2. The second-order valence-corrected chi connectivity index (χ2v) is 8.98. The van der Waals surface area contributed by atoms with Gasteiger partial charge in [0.2, 0.25) is 0 Å². The molecule has 0 saturated heterocycles. The fourth-order valence-electron chi connectivity index (χ4n) is 5.48. The average Bonchev–Trinajstić information content (AvgIpc) is 3.05. The molecule has 2 aromatic rings. The number of aryl methyl sites for hydroxylation is 3. The van der Waals surface area contributed by atoms with Gasteiger partial charge in [0.05, 0.1) is 17.1 Å². The fourth-order valence-corrected chi connectivity index (χ4v) is 5.48. The Morgan fingerprint density at radius 2 is 1.87 bits per heavy atom. The lowest BCUT2D eigenvalue weighted by molar-refractivity contribution is -0.137. The minimum absolute atomic E-state index is 0.229. The van der Waals surface area contributed by atoms with Crippen LogP contribution < -0.4 is 5.73 Å². The molecule has 158 valence electrons. The molecule has 6 heteroatoms. The van der Waals surface area contributed by atoms with E-state index in [1.165, 1.54) is 11.1 Å². The molecule has 0 atom stereocenters. The molecule has 2 aliphatic rings. The third kappa shape index (κ3) is 3.71. The molecule has 2 aliphatic carbocycles. The average molecular weight is 408 g/mol. The van der Waals surface area contributed by atoms with E-state index in [1.54, 1.807) is 6.92 Å². The van der Waals surface area contributed by atoms with Crippen LogP contribution in [0.3, 0.4) is 0 Å². The minimum Gasteiger partial charge on any atom is -0.481 e. The standard InChI is InChI=1S/C24H29N3O3/c1-14-21(27-22(23(25)30)15(2)26-14)18-4-5-19-17(13-18)9-12-24(19)10-7-16(8-11-24)3-6-20(28)29/h4-5,13,16H,3,6-12H2,1-2H3,(H2,25,30)(H,28,29). The molecule has 0 radical (unpaired) electrons. The molecule has 0 unspecified atom stereocenters. The van der Waals surface area contributed by atoms with Crippen molar-refractivity contribution < 1.29 is 14.7 Å². The number of carboxylic acid groups (broad SMARTS) is 1. The summed E-state index contributed by atoms with van der Waals surface area (Å²) in [6, 6.07) is 6.54. The third-order valence-electron chi connectivity index (χ3n) is 7.13. The van der Waals surface area contributed by atoms with Crippen LogP contribution in [0.5, 0.6) is 0 Å². The number of hydrogen-bond donors (Lipinski definition) is 2. The van der Waals surface area contributed by atoms with E-state index >= 15 is 0 Å². The number of nitrogens with two attached hydrogens (primary N) is 1. The Bertz CT molecular complexity index is 1010. The molecular weight excluding hydrogens is 378 g/mol. The largest absolute Gasteiger partial charge is 0.481 e. The van der Waals surface area contributed by atoms with Crippen LogP contribution in [0.1, 0.15) is 77.9 Å². The molecule has 1 amide bonds. The van der Waals surface area contributed by atoms with Gasteiger partial charge in [0.15, 0.2) is 0 Å². The molecule has 0 bridgehead atoms. The first-order valence-electron chi connectivity index (χ1n) is 10.8. The first-order valence-corrected chi connectivity index (χ1v) is 10.8. The lowest BCUT2D eigenvalue weighted by Crippen LogP contribution is -2.29. The number of carboxylic acids is 1. The Balaban J connectivity index is 1.58. The summed E-state index contributed by atoms with van der Waals surface area (Å²) in [5, 5.41) is 8.95. The molecule has 6 nitrogen and oxygen atoms in total. The number of carbonyl (C=O) groups excluding carboxylic acids is 1. The molecule has 4 rings (SSSR count). The predicted molar refractivity (Wildman–Crippen MR) is 114 cm³/mol. The van der Waals surface area contributed by atoms with Crippen molar-refractivity contribution in [2.75, 3.05) is 0 Å². The molecule has 3 N–H and O–H groups in total. The second kappa shape index (κ2) is 7.82. The van der Waals surface area contributed by atoms with Gasteiger partial charge in [0.1, 0.15) is 5.69 Å². The first-order chi connectivity index (χ1) is 14.3. The van der Waals surface area contributed by atoms with Gasteiger partial charge < -0.3 is 10.8 Å². The maximum absolute atomic E-state index is 11.7. The molecular formula is C24H29N3O3. The number of hydrogen-bond acceptors (Lipinski definition) is 4. The van der Waals surface area contributed by atoms with Gasteiger partial charge in [-0.1, -0.05) is 12.1 Å². The van der Waals surface area contributed by atoms with E-state index in [0.29, 0.717) is 11.6 Å². The van der Waals surface area contributed by atoms with E-state index in [1.807, 2.05) is 6.92 Å². The van der Waals surface area contributed by atoms with Crippen LogP contribution in [0.15, 0.2) is 18.2 Å². The molecule has 1 aromatic heterocycles. The lowest BCUT2D eigenvalue weighted by Gasteiger charge is -2.38. The van der Waals surface area contributed by atoms with Gasteiger partial charge in [0.25, 0.3) is 5.91 Å². The van der Waals surface area contributed by atoms with E-state index in [-0.39, 0.29) is 17.5 Å². The monoisotopic (exact) mass is 407 g/mol. The summed E-state index contributed by atoms with van der Waals surface area (Å²) < 4.78 is 0. The van der Waals surface area contributed by atoms with E-state index in [9.17, 15) is 9.59 Å². The molecule has 0 aliphatic heterocycles. The van der Waals surface area contributed by atoms with Crippen molar-refractivity contribution in [1.82, 2.24) is 9.97 Å². The quantitative estimate of drug-likeness (QED) is 0.776. The van der Waals surface area contributed by atoms with Crippen molar-refractivity contribution >= 4 is 11.9 Å². The van der Waals surface area contributed by atoms with E-state index < -0.39 is 11.9 Å². The van der Waals surface area contributed by atoms with Crippen molar-refractivity contribution in [3.05, 3.63) is 46.4 Å². The number of nitrogens with zero attached hydrogens (tertiary/aromatic N) is 2. The second-order valence-electron chi connectivity index (χ2n) is 8.98. The Kier molecular flexibility index (Phi) is 5.35. The SMILES string of the molecule is Cc1nc(C)c(-c2ccc3c(c2)CCC32CCC(CCC(=O)O)CC2)nc1C(N)=O. The summed E-state index contributed by atoms with van der Waals surface area (Å²) in [6.45, 7) is 3.66. The summed E-state index contributed by atoms with van der Waals surface area (Å²) in [4.78, 5) is 31.6. The highest BCUT2D eigenvalue weighted by molar-refractivity contribution is 5.92. The minimum atomic E-state index is -0.692. The van der Waals surface area contributed by atoms with E-state index in [0.717, 1.165) is 61.9 Å². The number of carbonyl (C=O) groups is 2. The normalized spacial score (nSPS) is 22.8. The Morgan fingerprint density at radius 3 is 2.53 bits per heavy atom. The van der Waals surface area contributed by atoms with Gasteiger partial charge in [-0.15, -0.1) is 0 Å². The van der Waals surface area contributed by atoms with Crippen LogP contribution in [0, 0.1) is 19.8 Å². The zero-order valence-electron chi connectivity index (χ0n) is 17.7. The van der Waals surface area contributed by atoms with Gasteiger partial charge in [-0.25, -0.2) is 4.98 Å². The number of amides is 1. The van der Waals surface area contributed by atoms with Crippen molar-refractivity contribution in [2.45, 2.75) is 70.6 Å². The Hall–Kier alpha value is -2.76. The zero-order chi connectivity index (χ0) is 21.5. The van der Waals surface area contributed by atoms with Crippen molar-refractivity contribution in [2.24, 2.45) is 11.7 Å². The van der Waals surface area contributed by atoms with Crippen LogP contribution in [0.2, 0.25) is 0 Å². The van der Waals surface area contributed by atoms with Gasteiger partial charge in [-0.2, -0.15) is 0 Å². The predicted octanol–water partition coefficient (Wildman–Crippen LogP) is 4.10. The van der Waals surface area contributed by atoms with Gasteiger partial charge in [-0.05, 0) is 87.3 Å². The topological polar surface area (TPSA) is 106 Å². The van der Waals surface area contributed by atoms with E-state index in [4.69, 9.17) is 10.8 Å². The highest BCUT2D eigenvalue weighted by Gasteiger charge is 2.41. The van der Waals surface area contributed by atoms with Crippen LogP contribution >= 0.6 is 0 Å². The number of benzene rings is 1. The summed E-state index contributed by atoms with van der Waals surface area (Å²) in [5.41, 5.74) is 11.8. The smallest absolute Gasteiger partial charge is 0.303 e. The van der Waals surface area contributed by atoms with Gasteiger partial charge in [-0.3, -0.25) is 14.6 Å². The maximum Gasteiger partial charge on any atom is 0.303 e. The molecule has 1 fully saturated rings. The molecule has 1 saturated carbocycles. The summed E-state index contributed by atoms with van der Waals surface area (Å²) >= 11 is 0. The van der Waals surface area contributed by atoms with Crippen LogP contribution in [0.25, 0.3) is 11.3 Å². The summed E-state index contributed by atoms with van der Waals surface area (Å²) in [6.07, 6.45) is 7.77. The number of aromatic nitrogens is 2. The Morgan fingerprint density at radius 1 is 1.13 bits per heavy atom. The van der Waals surface area contributed by atoms with Gasteiger partial charge in [0, 0.05) is 12.0 Å². The molecule has 1 spiro atoms. The van der Waals surface area contributed by atoms with Crippen molar-refractivity contribution in [3.8, 4) is 11.3 Å². The van der Waals surface area contributed by atoms with Crippen LogP contribution in [-0.2, 0) is 16.6 Å².